The van der Waals surface area contributed by atoms with Gasteiger partial charge in [0.1, 0.15) is 18.5 Å². The van der Waals surface area contributed by atoms with Gasteiger partial charge in [-0.3, -0.25) is 14.7 Å². The summed E-state index contributed by atoms with van der Waals surface area (Å²) < 4.78 is 11.4. The van der Waals surface area contributed by atoms with E-state index in [0.717, 1.165) is 35.9 Å². The maximum atomic E-state index is 12.6. The number of aromatic nitrogens is 2. The van der Waals surface area contributed by atoms with Crippen molar-refractivity contribution in [3.05, 3.63) is 77.0 Å². The van der Waals surface area contributed by atoms with E-state index in [1.54, 1.807) is 6.07 Å². The molecule has 9 heteroatoms. The Bertz CT molecular complexity index is 1260. The predicted molar refractivity (Wildman–Crippen MR) is 148 cm³/mol. The summed E-state index contributed by atoms with van der Waals surface area (Å²) in [7, 11) is 0. The van der Waals surface area contributed by atoms with Gasteiger partial charge in [-0.05, 0) is 63.1 Å². The number of ether oxygens (including phenoxy) is 2. The molecule has 0 spiro atoms. The fourth-order valence-corrected chi connectivity index (χ4v) is 4.81. The van der Waals surface area contributed by atoms with Crippen molar-refractivity contribution in [1.29, 1.82) is 0 Å². The van der Waals surface area contributed by atoms with E-state index in [9.17, 15) is 14.4 Å². The summed E-state index contributed by atoms with van der Waals surface area (Å²) in [4.78, 5) is 36.2. The van der Waals surface area contributed by atoms with Crippen molar-refractivity contribution in [3.63, 3.8) is 0 Å². The summed E-state index contributed by atoms with van der Waals surface area (Å²) >= 11 is 0. The van der Waals surface area contributed by atoms with Crippen LogP contribution in [0.25, 0.3) is 0 Å². The quantitative estimate of drug-likeness (QED) is 0.264. The highest BCUT2D eigenvalue weighted by molar-refractivity contribution is 5.89. The van der Waals surface area contributed by atoms with Crippen LogP contribution in [0.4, 0.5) is 10.6 Å². The molecule has 0 aliphatic heterocycles. The molecule has 2 atom stereocenters. The summed E-state index contributed by atoms with van der Waals surface area (Å²) in [6, 6.07) is 17.2. The molecular weight excluding hydrogens is 496 g/mol. The van der Waals surface area contributed by atoms with Crippen LogP contribution in [-0.4, -0.2) is 40.6 Å². The Morgan fingerprint density at radius 1 is 1.13 bits per heavy atom. The van der Waals surface area contributed by atoms with Crippen molar-refractivity contribution in [3.8, 4) is 5.75 Å². The monoisotopic (exact) mass is 532 g/mol. The maximum absolute atomic E-state index is 12.6. The Labute approximate surface area is 228 Å². The van der Waals surface area contributed by atoms with Gasteiger partial charge in [0.2, 0.25) is 5.91 Å². The van der Waals surface area contributed by atoms with E-state index in [1.165, 1.54) is 0 Å². The first-order chi connectivity index (χ1) is 18.9. The molecule has 0 unspecified atom stereocenters. The molecule has 1 aromatic heterocycles. The lowest BCUT2D eigenvalue weighted by Gasteiger charge is -2.14. The zero-order valence-corrected chi connectivity index (χ0v) is 22.4. The number of anilines is 1. The Kier molecular flexibility index (Phi) is 9.72. The second kappa shape index (κ2) is 13.6. The van der Waals surface area contributed by atoms with E-state index in [1.807, 2.05) is 62.4 Å². The van der Waals surface area contributed by atoms with Crippen LogP contribution in [0.5, 0.6) is 5.75 Å². The number of nitrogens with zero attached hydrogens (tertiary/aromatic N) is 1. The van der Waals surface area contributed by atoms with Crippen LogP contribution in [0.15, 0.2) is 54.6 Å². The van der Waals surface area contributed by atoms with Gasteiger partial charge in [-0.1, -0.05) is 42.5 Å². The number of aromatic amines is 1. The van der Waals surface area contributed by atoms with Crippen molar-refractivity contribution in [2.45, 2.75) is 77.0 Å². The van der Waals surface area contributed by atoms with Crippen molar-refractivity contribution in [1.82, 2.24) is 15.5 Å². The number of hydrogen-bond acceptors (Lipinski definition) is 6. The molecule has 1 saturated carbocycles. The van der Waals surface area contributed by atoms with Gasteiger partial charge in [0.15, 0.2) is 12.1 Å². The largest absolute Gasteiger partial charge is 0.488 e. The van der Waals surface area contributed by atoms with E-state index >= 15 is 0 Å². The van der Waals surface area contributed by atoms with Crippen LogP contribution in [0.3, 0.4) is 0 Å². The van der Waals surface area contributed by atoms with Gasteiger partial charge < -0.3 is 20.1 Å². The lowest BCUT2D eigenvalue weighted by molar-refractivity contribution is -0.116. The Hall–Kier alpha value is -4.14. The molecule has 0 radical (unpaired) electrons. The van der Waals surface area contributed by atoms with E-state index < -0.39 is 0 Å². The van der Waals surface area contributed by atoms with E-state index in [4.69, 9.17) is 9.47 Å². The second-order valence-electron chi connectivity index (χ2n) is 10.2. The highest BCUT2D eigenvalue weighted by Gasteiger charge is 2.30. The number of alkyl carbamates (subject to hydrolysis) is 1. The minimum atomic E-state index is -0.389. The summed E-state index contributed by atoms with van der Waals surface area (Å²) in [5, 5.41) is 12.8. The highest BCUT2D eigenvalue weighted by Crippen LogP contribution is 2.36. The van der Waals surface area contributed by atoms with E-state index in [-0.39, 0.29) is 30.1 Å². The predicted octanol–water partition coefficient (Wildman–Crippen LogP) is 5.53. The van der Waals surface area contributed by atoms with Gasteiger partial charge in [0.05, 0.1) is 5.56 Å². The summed E-state index contributed by atoms with van der Waals surface area (Å²) in [6.07, 6.45) is 4.12. The molecule has 39 heavy (non-hydrogen) atoms. The van der Waals surface area contributed by atoms with Crippen molar-refractivity contribution >= 4 is 24.1 Å². The number of nitrogens with one attached hydrogen (secondary N) is 3. The average molecular weight is 533 g/mol. The van der Waals surface area contributed by atoms with Crippen molar-refractivity contribution in [2.24, 2.45) is 0 Å². The van der Waals surface area contributed by atoms with Gasteiger partial charge in [-0.15, -0.1) is 0 Å². The standard InChI is InChI=1S/C30H36N4O5/c1-20(2)31-30(37)39-24-15-14-23(16-24)26-17-28(34-33-26)32-29(36)13-7-11-22-10-6-12-27(25(22)18-35)38-19-21-8-4-3-5-9-21/h3-6,8-10,12,17-18,20,23-24H,7,11,13-16,19H2,1-2H3,(H,31,37)(H2,32,33,34,36)/t23-,24+/m0/s1. The Balaban J connectivity index is 1.23. The molecule has 2 amide bonds. The molecule has 1 heterocycles. The van der Waals surface area contributed by atoms with Crippen LogP contribution >= 0.6 is 0 Å². The lowest BCUT2D eigenvalue weighted by Crippen LogP contribution is -2.33. The van der Waals surface area contributed by atoms with E-state index in [2.05, 4.69) is 20.8 Å². The van der Waals surface area contributed by atoms with Gasteiger partial charge >= 0.3 is 6.09 Å². The fraction of sp³-hybridized carbons (Fsp3) is 0.400. The number of aryl methyl sites for hydroxylation is 1. The number of benzene rings is 2. The molecule has 1 aliphatic rings. The van der Waals surface area contributed by atoms with Crippen molar-refractivity contribution in [2.75, 3.05) is 5.32 Å². The number of hydrogen-bond donors (Lipinski definition) is 3. The smallest absolute Gasteiger partial charge is 0.407 e. The normalized spacial score (nSPS) is 16.6. The lowest BCUT2D eigenvalue weighted by atomic mass is 10.0. The zero-order valence-electron chi connectivity index (χ0n) is 22.4. The number of carbonyl (C=O) groups excluding carboxylic acids is 3. The minimum Gasteiger partial charge on any atom is -0.488 e. The number of H-pyrrole nitrogens is 1. The molecule has 4 rings (SSSR count). The molecular formula is C30H36N4O5. The maximum Gasteiger partial charge on any atom is 0.407 e. The summed E-state index contributed by atoms with van der Waals surface area (Å²) in [5.41, 5.74) is 3.31. The number of amides is 2. The van der Waals surface area contributed by atoms with Gasteiger partial charge in [0, 0.05) is 30.1 Å². The third-order valence-corrected chi connectivity index (χ3v) is 6.73. The Morgan fingerprint density at radius 2 is 1.95 bits per heavy atom. The van der Waals surface area contributed by atoms with Crippen LogP contribution in [0, 0.1) is 0 Å². The molecule has 2 aromatic carbocycles. The number of aldehydes is 1. The SMILES string of the molecule is CC(C)NC(=O)O[C@@H]1CC[C@H](c2cc(NC(=O)CCCc3cccc(OCc4ccccc4)c3C=O)n[nH]2)C1. The van der Waals surface area contributed by atoms with E-state index in [0.29, 0.717) is 49.4 Å². The summed E-state index contributed by atoms with van der Waals surface area (Å²) in [5.74, 6) is 1.06. The fourth-order valence-electron chi connectivity index (χ4n) is 4.81. The second-order valence-corrected chi connectivity index (χ2v) is 10.2. The Morgan fingerprint density at radius 3 is 2.72 bits per heavy atom. The first-order valence-electron chi connectivity index (χ1n) is 13.5. The third-order valence-electron chi connectivity index (χ3n) is 6.73. The van der Waals surface area contributed by atoms with Crippen LogP contribution in [0.2, 0.25) is 0 Å². The first kappa shape index (κ1) is 27.9. The zero-order chi connectivity index (χ0) is 27.6. The third kappa shape index (κ3) is 8.17. The van der Waals surface area contributed by atoms with Crippen LogP contribution in [0.1, 0.15) is 79.0 Å². The van der Waals surface area contributed by atoms with Crippen molar-refractivity contribution < 1.29 is 23.9 Å². The van der Waals surface area contributed by atoms with Gasteiger partial charge in [0.25, 0.3) is 0 Å². The number of carbonyl (C=O) groups is 3. The molecule has 206 valence electrons. The first-order valence-corrected chi connectivity index (χ1v) is 13.5. The van der Waals surface area contributed by atoms with Crippen LogP contribution < -0.4 is 15.4 Å². The molecule has 3 N–H and O–H groups in total. The van der Waals surface area contributed by atoms with Crippen LogP contribution in [-0.2, 0) is 22.6 Å². The average Bonchev–Trinajstić information content (AvgIpc) is 3.57. The molecule has 3 aromatic rings. The molecule has 1 aliphatic carbocycles. The molecule has 9 nitrogen and oxygen atoms in total. The summed E-state index contributed by atoms with van der Waals surface area (Å²) in [6.45, 7) is 4.16. The van der Waals surface area contributed by atoms with Gasteiger partial charge in [-0.25, -0.2) is 4.79 Å². The molecule has 0 bridgehead atoms. The topological polar surface area (TPSA) is 122 Å². The number of rotatable bonds is 12. The molecule has 1 fully saturated rings. The highest BCUT2D eigenvalue weighted by atomic mass is 16.6. The van der Waals surface area contributed by atoms with Gasteiger partial charge in [-0.2, -0.15) is 5.10 Å². The minimum absolute atomic E-state index is 0.0321. The molecule has 0 saturated heterocycles.